The van der Waals surface area contributed by atoms with Crippen LogP contribution >= 0.6 is 11.3 Å². The normalized spacial score (nSPS) is 24.6. The van der Waals surface area contributed by atoms with Crippen molar-refractivity contribution in [2.24, 2.45) is 5.92 Å². The number of fused-ring (bicyclic) bond motifs is 1. The third-order valence-electron chi connectivity index (χ3n) is 4.61. The molecule has 20 heavy (non-hydrogen) atoms. The number of aliphatic hydroxyl groups excluding tert-OH is 1. The van der Waals surface area contributed by atoms with Crippen molar-refractivity contribution < 1.29 is 5.11 Å². The van der Waals surface area contributed by atoms with Crippen LogP contribution in [0.5, 0.6) is 0 Å². The molecule has 1 aliphatic heterocycles. The van der Waals surface area contributed by atoms with Crippen LogP contribution in [0.15, 0.2) is 0 Å². The average molecular weight is 295 g/mol. The van der Waals surface area contributed by atoms with E-state index >= 15 is 0 Å². The standard InChI is InChI=1S/C15H25N3OS/c1-17-8-6-11(7-9-17)10-18(2)15-16-12-4-3-5-13(19)14(12)20-15/h11,13,19H,3-10H2,1-2H3. The van der Waals surface area contributed by atoms with Crippen molar-refractivity contribution in [1.29, 1.82) is 0 Å². The topological polar surface area (TPSA) is 39.6 Å². The molecule has 1 aromatic heterocycles. The van der Waals surface area contributed by atoms with Crippen LogP contribution in [0.1, 0.15) is 42.4 Å². The lowest BCUT2D eigenvalue weighted by molar-refractivity contribution is 0.160. The van der Waals surface area contributed by atoms with Crippen LogP contribution in [0.25, 0.3) is 0 Å². The van der Waals surface area contributed by atoms with Gasteiger partial charge in [0.15, 0.2) is 5.13 Å². The van der Waals surface area contributed by atoms with E-state index in [-0.39, 0.29) is 6.10 Å². The molecule has 0 amide bonds. The Morgan fingerprint density at radius 1 is 1.35 bits per heavy atom. The number of anilines is 1. The molecular weight excluding hydrogens is 270 g/mol. The summed E-state index contributed by atoms with van der Waals surface area (Å²) in [5, 5.41) is 11.1. The number of nitrogens with zero attached hydrogens (tertiary/aromatic N) is 3. The van der Waals surface area contributed by atoms with Crippen molar-refractivity contribution in [2.45, 2.75) is 38.2 Å². The lowest BCUT2D eigenvalue weighted by Crippen LogP contribution is -2.35. The molecule has 1 aromatic rings. The second kappa shape index (κ2) is 6.00. The van der Waals surface area contributed by atoms with Gasteiger partial charge in [-0.25, -0.2) is 4.98 Å². The molecule has 3 rings (SSSR count). The molecule has 1 aliphatic carbocycles. The molecule has 0 bridgehead atoms. The maximum Gasteiger partial charge on any atom is 0.185 e. The van der Waals surface area contributed by atoms with Gasteiger partial charge in [0.1, 0.15) is 0 Å². The zero-order valence-corrected chi connectivity index (χ0v) is 13.3. The summed E-state index contributed by atoms with van der Waals surface area (Å²) in [6.07, 6.45) is 5.29. The van der Waals surface area contributed by atoms with E-state index in [0.29, 0.717) is 0 Å². The van der Waals surface area contributed by atoms with Crippen LogP contribution in [-0.2, 0) is 6.42 Å². The number of aryl methyl sites for hydroxylation is 1. The number of aliphatic hydroxyl groups is 1. The average Bonchev–Trinajstić information content (AvgIpc) is 2.87. The van der Waals surface area contributed by atoms with Crippen molar-refractivity contribution in [2.75, 3.05) is 38.6 Å². The van der Waals surface area contributed by atoms with Gasteiger partial charge < -0.3 is 14.9 Å². The molecule has 0 aromatic carbocycles. The SMILES string of the molecule is CN1CCC(CN(C)c2nc3c(s2)C(O)CCC3)CC1. The summed E-state index contributed by atoms with van der Waals surface area (Å²) in [5.41, 5.74) is 1.14. The van der Waals surface area contributed by atoms with E-state index in [2.05, 4.69) is 23.9 Å². The van der Waals surface area contributed by atoms with Gasteiger partial charge in [-0.05, 0) is 58.2 Å². The summed E-state index contributed by atoms with van der Waals surface area (Å²) in [6, 6.07) is 0. The summed E-state index contributed by atoms with van der Waals surface area (Å²) in [5.74, 6) is 0.780. The molecule has 2 heterocycles. The Labute approximate surface area is 125 Å². The van der Waals surface area contributed by atoms with Crippen molar-refractivity contribution in [1.82, 2.24) is 9.88 Å². The molecule has 5 heteroatoms. The van der Waals surface area contributed by atoms with E-state index in [0.717, 1.165) is 47.4 Å². The number of hydrogen-bond donors (Lipinski definition) is 1. The summed E-state index contributed by atoms with van der Waals surface area (Å²) < 4.78 is 0. The predicted molar refractivity (Wildman–Crippen MR) is 83.5 cm³/mol. The Morgan fingerprint density at radius 2 is 2.10 bits per heavy atom. The molecule has 2 aliphatic rings. The van der Waals surface area contributed by atoms with E-state index in [4.69, 9.17) is 4.98 Å². The minimum atomic E-state index is -0.276. The van der Waals surface area contributed by atoms with Gasteiger partial charge in [-0.1, -0.05) is 11.3 Å². The lowest BCUT2D eigenvalue weighted by atomic mass is 9.97. The minimum Gasteiger partial charge on any atom is -0.388 e. The zero-order chi connectivity index (χ0) is 14.1. The van der Waals surface area contributed by atoms with Crippen LogP contribution in [0.2, 0.25) is 0 Å². The number of aromatic nitrogens is 1. The molecule has 4 nitrogen and oxygen atoms in total. The number of rotatable bonds is 3. The largest absolute Gasteiger partial charge is 0.388 e. The third-order valence-corrected chi connectivity index (χ3v) is 5.92. The second-order valence-corrected chi connectivity index (χ2v) is 7.35. The highest BCUT2D eigenvalue weighted by Gasteiger charge is 2.25. The van der Waals surface area contributed by atoms with Gasteiger partial charge in [0, 0.05) is 13.6 Å². The van der Waals surface area contributed by atoms with Crippen LogP contribution < -0.4 is 4.90 Å². The zero-order valence-electron chi connectivity index (χ0n) is 12.5. The first kappa shape index (κ1) is 14.3. The first-order valence-electron chi connectivity index (χ1n) is 7.71. The maximum absolute atomic E-state index is 10.1. The molecule has 0 spiro atoms. The highest BCUT2D eigenvalue weighted by Crippen LogP contribution is 2.37. The van der Waals surface area contributed by atoms with Gasteiger partial charge >= 0.3 is 0 Å². The first-order chi connectivity index (χ1) is 9.63. The summed E-state index contributed by atoms with van der Waals surface area (Å²) in [6.45, 7) is 3.52. The minimum absolute atomic E-state index is 0.276. The lowest BCUT2D eigenvalue weighted by Gasteiger charge is -2.31. The maximum atomic E-state index is 10.1. The van der Waals surface area contributed by atoms with Crippen LogP contribution in [0, 0.1) is 5.92 Å². The molecule has 0 saturated carbocycles. The van der Waals surface area contributed by atoms with E-state index < -0.39 is 0 Å². The Hall–Kier alpha value is -0.650. The van der Waals surface area contributed by atoms with Crippen molar-refractivity contribution in [3.05, 3.63) is 10.6 Å². The summed E-state index contributed by atoms with van der Waals surface area (Å²) in [4.78, 5) is 10.6. The van der Waals surface area contributed by atoms with E-state index in [9.17, 15) is 5.11 Å². The molecule has 0 radical (unpaired) electrons. The first-order valence-corrected chi connectivity index (χ1v) is 8.52. The van der Waals surface area contributed by atoms with Gasteiger partial charge in [-0.2, -0.15) is 0 Å². The van der Waals surface area contributed by atoms with Gasteiger partial charge in [0.2, 0.25) is 0 Å². The number of thiazole rings is 1. The molecule has 112 valence electrons. The quantitative estimate of drug-likeness (QED) is 0.929. The number of piperidine rings is 1. The second-order valence-electron chi connectivity index (χ2n) is 6.34. The van der Waals surface area contributed by atoms with Gasteiger partial charge in [0.05, 0.1) is 16.7 Å². The van der Waals surface area contributed by atoms with E-state index in [1.165, 1.54) is 25.9 Å². The van der Waals surface area contributed by atoms with Gasteiger partial charge in [-0.3, -0.25) is 0 Å². The van der Waals surface area contributed by atoms with E-state index in [1.807, 2.05) is 0 Å². The van der Waals surface area contributed by atoms with Crippen molar-refractivity contribution in [3.8, 4) is 0 Å². The summed E-state index contributed by atoms with van der Waals surface area (Å²) >= 11 is 1.70. The Bertz CT molecular complexity index is 454. The number of hydrogen-bond acceptors (Lipinski definition) is 5. The fourth-order valence-corrected chi connectivity index (χ4v) is 4.36. The number of likely N-dealkylation sites (tertiary alicyclic amines) is 1. The molecule has 1 saturated heterocycles. The molecular formula is C15H25N3OS. The monoisotopic (exact) mass is 295 g/mol. The molecule has 1 unspecified atom stereocenters. The Balaban J connectivity index is 1.64. The van der Waals surface area contributed by atoms with Gasteiger partial charge in [0.25, 0.3) is 0 Å². The van der Waals surface area contributed by atoms with Gasteiger partial charge in [-0.15, -0.1) is 0 Å². The summed E-state index contributed by atoms with van der Waals surface area (Å²) in [7, 11) is 4.35. The molecule has 1 N–H and O–H groups in total. The highest BCUT2D eigenvalue weighted by atomic mass is 32.1. The van der Waals surface area contributed by atoms with Crippen LogP contribution in [0.3, 0.4) is 0 Å². The molecule has 1 fully saturated rings. The fourth-order valence-electron chi connectivity index (χ4n) is 3.26. The van der Waals surface area contributed by atoms with E-state index in [1.54, 1.807) is 11.3 Å². The molecule has 1 atom stereocenters. The Kier molecular flexibility index (Phi) is 4.29. The third kappa shape index (κ3) is 3.00. The fraction of sp³-hybridized carbons (Fsp3) is 0.800. The van der Waals surface area contributed by atoms with Crippen LogP contribution in [0.4, 0.5) is 5.13 Å². The highest BCUT2D eigenvalue weighted by molar-refractivity contribution is 7.15. The van der Waals surface area contributed by atoms with Crippen molar-refractivity contribution >= 4 is 16.5 Å². The smallest absolute Gasteiger partial charge is 0.185 e. The van der Waals surface area contributed by atoms with Crippen LogP contribution in [-0.4, -0.2) is 48.7 Å². The predicted octanol–water partition coefficient (Wildman–Crippen LogP) is 2.29. The Morgan fingerprint density at radius 3 is 2.80 bits per heavy atom. The van der Waals surface area contributed by atoms with Crippen molar-refractivity contribution in [3.63, 3.8) is 0 Å².